The summed E-state index contributed by atoms with van der Waals surface area (Å²) in [5.41, 5.74) is 6.76. The van der Waals surface area contributed by atoms with Crippen molar-refractivity contribution in [2.75, 3.05) is 0 Å². The van der Waals surface area contributed by atoms with Gasteiger partial charge in [0.25, 0.3) is 5.91 Å². The van der Waals surface area contributed by atoms with Crippen molar-refractivity contribution in [2.24, 2.45) is 23.3 Å². The monoisotopic (exact) mass is 414 g/mol. The van der Waals surface area contributed by atoms with Crippen LogP contribution in [0.15, 0.2) is 34.8 Å². The van der Waals surface area contributed by atoms with Gasteiger partial charge in [0.05, 0.1) is 5.56 Å². The van der Waals surface area contributed by atoms with Crippen LogP contribution in [0.2, 0.25) is 0 Å². The number of phenols is 1. The molecule has 3 aliphatic carbocycles. The van der Waals surface area contributed by atoms with E-state index < -0.39 is 63.7 Å². The van der Waals surface area contributed by atoms with Crippen molar-refractivity contribution in [3.8, 4) is 5.75 Å². The van der Waals surface area contributed by atoms with Crippen LogP contribution < -0.4 is 11.5 Å². The molecule has 1 aromatic carbocycles. The Balaban J connectivity index is 1.93. The average molecular weight is 414 g/mol. The van der Waals surface area contributed by atoms with Crippen molar-refractivity contribution < 1.29 is 39.6 Å². The fraction of sp³-hybridized carbons (Fsp3) is 0.300. The molecule has 0 spiro atoms. The number of aromatic hydroxyl groups is 1. The predicted molar refractivity (Wildman–Crippen MR) is 99.3 cm³/mol. The summed E-state index contributed by atoms with van der Waals surface area (Å²) < 4.78 is 0. The van der Waals surface area contributed by atoms with Crippen molar-refractivity contribution in [3.63, 3.8) is 0 Å². The van der Waals surface area contributed by atoms with Gasteiger partial charge in [0.2, 0.25) is 11.7 Å². The zero-order valence-corrected chi connectivity index (χ0v) is 15.5. The Hall–Kier alpha value is -3.66. The third kappa shape index (κ3) is 2.34. The number of ketones is 2. The van der Waals surface area contributed by atoms with E-state index in [0.29, 0.717) is 0 Å². The Morgan fingerprint density at radius 2 is 1.70 bits per heavy atom. The van der Waals surface area contributed by atoms with Gasteiger partial charge in [-0.2, -0.15) is 0 Å². The molecule has 156 valence electrons. The third-order valence-corrected chi connectivity index (χ3v) is 6.21. The molecule has 0 radical (unpaired) electrons. The predicted octanol–water partition coefficient (Wildman–Crippen LogP) is -0.321. The molecule has 4 rings (SSSR count). The number of aliphatic hydroxyl groups is 3. The highest BCUT2D eigenvalue weighted by Crippen LogP contribution is 2.51. The van der Waals surface area contributed by atoms with Crippen molar-refractivity contribution in [3.05, 3.63) is 51.5 Å². The molecule has 0 unspecified atom stereocenters. The van der Waals surface area contributed by atoms with Crippen molar-refractivity contribution >= 4 is 23.4 Å². The molecule has 0 bridgehead atoms. The number of carbonyl (C=O) groups excluding carboxylic acids is 4. The van der Waals surface area contributed by atoms with Gasteiger partial charge in [-0.05, 0) is 36.5 Å². The van der Waals surface area contributed by atoms with Crippen LogP contribution in [0.3, 0.4) is 0 Å². The largest absolute Gasteiger partial charge is 0.511 e. The van der Waals surface area contributed by atoms with Crippen LogP contribution in [0.1, 0.15) is 39.1 Å². The fourth-order valence-corrected chi connectivity index (χ4v) is 4.85. The Kier molecular flexibility index (Phi) is 4.04. The van der Waals surface area contributed by atoms with E-state index in [4.69, 9.17) is 11.5 Å². The number of benzene rings is 1. The second kappa shape index (κ2) is 6.17. The molecular weight excluding hydrogens is 396 g/mol. The minimum atomic E-state index is -2.62. The minimum absolute atomic E-state index is 0.0171. The normalized spacial score (nSPS) is 28.0. The van der Waals surface area contributed by atoms with Crippen molar-refractivity contribution in [1.29, 1.82) is 0 Å². The molecule has 10 nitrogen and oxygen atoms in total. The van der Waals surface area contributed by atoms with Gasteiger partial charge in [0.15, 0.2) is 11.4 Å². The minimum Gasteiger partial charge on any atom is -0.511 e. The summed E-state index contributed by atoms with van der Waals surface area (Å²) >= 11 is 0. The van der Waals surface area contributed by atoms with Gasteiger partial charge in [-0.25, -0.2) is 0 Å². The van der Waals surface area contributed by atoms with Crippen molar-refractivity contribution in [2.45, 2.75) is 24.9 Å². The number of allylic oxidation sites excluding steroid dienone is 2. The van der Waals surface area contributed by atoms with E-state index in [9.17, 15) is 39.6 Å². The molecule has 30 heavy (non-hydrogen) atoms. The van der Waals surface area contributed by atoms with E-state index in [1.807, 2.05) is 0 Å². The number of carbonyl (C=O) groups is 4. The van der Waals surface area contributed by atoms with E-state index >= 15 is 0 Å². The van der Waals surface area contributed by atoms with Gasteiger partial charge in [0.1, 0.15) is 22.8 Å². The number of Topliss-reactive ketones (excluding diaryl/α,β-unsaturated/α-hetero) is 2. The molecule has 0 saturated carbocycles. The van der Waals surface area contributed by atoms with E-state index in [1.165, 1.54) is 6.07 Å². The number of hydrogen-bond acceptors (Lipinski definition) is 8. The number of phenolic OH excluding ortho intramolecular Hbond substituents is 1. The second-order valence-corrected chi connectivity index (χ2v) is 7.76. The number of rotatable bonds is 2. The molecule has 2 amide bonds. The van der Waals surface area contributed by atoms with Gasteiger partial charge >= 0.3 is 0 Å². The quantitative estimate of drug-likeness (QED) is 0.353. The number of amides is 2. The molecule has 1 aromatic rings. The summed E-state index contributed by atoms with van der Waals surface area (Å²) in [6.45, 7) is 0. The number of primary amides is 2. The molecule has 0 saturated heterocycles. The summed E-state index contributed by atoms with van der Waals surface area (Å²) in [5.74, 6) is -7.97. The highest BCUT2D eigenvalue weighted by Gasteiger charge is 2.59. The SMILES string of the molecule is NC(=O)C1=C(O)C[C@@H]2C[C@@H]3Cc4c(C(N)=O)ccc(O)c4C(=O)C3=C(O)[C@]2(O)C1=O. The smallest absolute Gasteiger partial charge is 0.255 e. The number of fused-ring (bicyclic) bond motifs is 3. The summed E-state index contributed by atoms with van der Waals surface area (Å²) in [6.07, 6.45) is -0.310. The zero-order valence-electron chi connectivity index (χ0n) is 15.5. The summed E-state index contributed by atoms with van der Waals surface area (Å²) in [6, 6.07) is 2.40. The number of nitrogens with two attached hydrogens (primary N) is 2. The summed E-state index contributed by atoms with van der Waals surface area (Å²) in [5, 5.41) is 42.2. The summed E-state index contributed by atoms with van der Waals surface area (Å²) in [4.78, 5) is 49.3. The van der Waals surface area contributed by atoms with Crippen LogP contribution in [0, 0.1) is 11.8 Å². The lowest BCUT2D eigenvalue weighted by Crippen LogP contribution is -2.57. The lowest BCUT2D eigenvalue weighted by Gasteiger charge is -2.45. The second-order valence-electron chi connectivity index (χ2n) is 7.76. The highest BCUT2D eigenvalue weighted by molar-refractivity contribution is 6.24. The van der Waals surface area contributed by atoms with E-state index in [2.05, 4.69) is 0 Å². The highest BCUT2D eigenvalue weighted by atomic mass is 16.3. The fourth-order valence-electron chi connectivity index (χ4n) is 4.85. The first-order chi connectivity index (χ1) is 14.0. The van der Waals surface area contributed by atoms with Crippen LogP contribution in [0.5, 0.6) is 5.75 Å². The van der Waals surface area contributed by atoms with Gasteiger partial charge in [-0.1, -0.05) is 0 Å². The lowest BCUT2D eigenvalue weighted by molar-refractivity contribution is -0.144. The summed E-state index contributed by atoms with van der Waals surface area (Å²) in [7, 11) is 0. The maximum Gasteiger partial charge on any atom is 0.255 e. The molecule has 0 heterocycles. The van der Waals surface area contributed by atoms with Crippen LogP contribution in [0.4, 0.5) is 0 Å². The maximum atomic E-state index is 13.2. The number of hydrogen-bond donors (Lipinski definition) is 6. The van der Waals surface area contributed by atoms with E-state index in [1.54, 1.807) is 0 Å². The molecule has 0 aliphatic heterocycles. The van der Waals surface area contributed by atoms with E-state index in [-0.39, 0.29) is 41.5 Å². The average Bonchev–Trinajstić information content (AvgIpc) is 2.64. The Morgan fingerprint density at radius 1 is 1.03 bits per heavy atom. The zero-order chi connectivity index (χ0) is 22.1. The molecule has 0 fully saturated rings. The topological polar surface area (TPSA) is 201 Å². The Labute approximate surface area is 169 Å². The molecule has 3 atom stereocenters. The van der Waals surface area contributed by atoms with Gasteiger partial charge in [-0.15, -0.1) is 0 Å². The molecular formula is C20H18N2O8. The van der Waals surface area contributed by atoms with Gasteiger partial charge < -0.3 is 31.9 Å². The van der Waals surface area contributed by atoms with Gasteiger partial charge in [-0.3, -0.25) is 19.2 Å². The first-order valence-electron chi connectivity index (χ1n) is 9.12. The van der Waals surface area contributed by atoms with Crippen LogP contribution in [0.25, 0.3) is 0 Å². The lowest BCUT2D eigenvalue weighted by atomic mass is 9.60. The Bertz CT molecular complexity index is 1130. The van der Waals surface area contributed by atoms with Crippen molar-refractivity contribution in [1.82, 2.24) is 0 Å². The standard InChI is InChI=1S/C20H18N2O8/c21-18(28)8-1-2-10(23)13-9(8)4-6-3-7-5-11(24)14(19(22)29)17(27)20(7,30)16(26)12(6)15(13)25/h1-2,6-7,23-24,26,30H,3-5H2,(H2,21,28)(H2,22,29)/t6-,7+,20+/m1/s1. The number of aliphatic hydroxyl groups excluding tert-OH is 2. The van der Waals surface area contributed by atoms with Crippen LogP contribution in [-0.2, 0) is 16.0 Å². The Morgan fingerprint density at radius 3 is 2.30 bits per heavy atom. The molecule has 0 aromatic heterocycles. The first-order valence-corrected chi connectivity index (χ1v) is 9.12. The molecule has 3 aliphatic rings. The third-order valence-electron chi connectivity index (χ3n) is 6.21. The van der Waals surface area contributed by atoms with E-state index in [0.717, 1.165) is 6.07 Å². The van der Waals surface area contributed by atoms with Crippen LogP contribution in [-0.4, -0.2) is 49.4 Å². The first kappa shape index (κ1) is 19.6. The molecule has 10 heteroatoms. The maximum absolute atomic E-state index is 13.2. The molecule has 8 N–H and O–H groups in total. The van der Waals surface area contributed by atoms with Gasteiger partial charge in [0, 0.05) is 23.5 Å². The van der Waals surface area contributed by atoms with Crippen LogP contribution >= 0.6 is 0 Å².